The normalized spacial score (nSPS) is 12.7. The van der Waals surface area contributed by atoms with Crippen molar-refractivity contribution >= 4 is 50.7 Å². The molecule has 2 atom stereocenters. The lowest BCUT2D eigenvalue weighted by molar-refractivity contribution is -0.140. The number of anilines is 1. The van der Waals surface area contributed by atoms with Crippen LogP contribution in [0.15, 0.2) is 71.6 Å². The second-order valence-electron chi connectivity index (χ2n) is 10.0. The van der Waals surface area contributed by atoms with E-state index in [2.05, 4.69) is 5.32 Å². The van der Waals surface area contributed by atoms with E-state index in [-0.39, 0.29) is 39.1 Å². The summed E-state index contributed by atoms with van der Waals surface area (Å²) in [6.45, 7) is 6.98. The molecule has 0 saturated carbocycles. The third kappa shape index (κ3) is 8.18. The number of sulfonamides is 1. The first-order valence-corrected chi connectivity index (χ1v) is 15.9. The Balaban J connectivity index is 2.09. The van der Waals surface area contributed by atoms with E-state index in [1.807, 2.05) is 33.8 Å². The van der Waals surface area contributed by atoms with E-state index in [1.54, 1.807) is 37.4 Å². The van der Waals surface area contributed by atoms with E-state index >= 15 is 0 Å². The fourth-order valence-electron chi connectivity index (χ4n) is 4.33. The van der Waals surface area contributed by atoms with Crippen molar-refractivity contribution in [2.45, 2.75) is 64.1 Å². The van der Waals surface area contributed by atoms with Crippen LogP contribution in [0.5, 0.6) is 5.75 Å². The Morgan fingerprint density at radius 3 is 2.24 bits per heavy atom. The molecule has 0 fully saturated rings. The highest BCUT2D eigenvalue weighted by atomic mass is 35.5. The molecule has 0 spiro atoms. The Morgan fingerprint density at radius 1 is 0.952 bits per heavy atom. The zero-order chi connectivity index (χ0) is 31.0. The van der Waals surface area contributed by atoms with E-state index in [0.29, 0.717) is 18.6 Å². The highest BCUT2D eigenvalue weighted by Gasteiger charge is 2.34. The molecule has 3 rings (SSSR count). The number of nitrogens with one attached hydrogen (secondary N) is 1. The molecule has 3 aromatic rings. The standard InChI is InChI=1S/C31H37Cl2N3O5S/c1-6-22(4)34-31(38)29(7-2)35(19-23-9-8-10-25(17-23)41-5)30(37)20-36(24-13-16-27(32)28(33)18-24)42(39,40)26-14-11-21(3)12-15-26/h8-18,22,29H,6-7,19-20H2,1-5H3,(H,34,38)/t22-,29+/m0/s1. The number of hydrogen-bond acceptors (Lipinski definition) is 5. The summed E-state index contributed by atoms with van der Waals surface area (Å²) in [4.78, 5) is 29.0. The summed E-state index contributed by atoms with van der Waals surface area (Å²) in [6, 6.07) is 16.9. The summed E-state index contributed by atoms with van der Waals surface area (Å²) in [6.07, 6.45) is 1.03. The third-order valence-corrected chi connectivity index (χ3v) is 9.48. The van der Waals surface area contributed by atoms with Crippen LogP contribution >= 0.6 is 23.2 Å². The predicted octanol–water partition coefficient (Wildman–Crippen LogP) is 6.23. The Kier molecular flexibility index (Phi) is 11.7. The number of benzene rings is 3. The zero-order valence-corrected chi connectivity index (χ0v) is 26.8. The molecule has 0 radical (unpaired) electrons. The number of methoxy groups -OCH3 is 1. The summed E-state index contributed by atoms with van der Waals surface area (Å²) in [5.74, 6) is -0.285. The summed E-state index contributed by atoms with van der Waals surface area (Å²) in [5.41, 5.74) is 1.77. The molecule has 0 heterocycles. The minimum absolute atomic E-state index is 0.00729. The Morgan fingerprint density at radius 2 is 1.64 bits per heavy atom. The molecule has 0 unspecified atom stereocenters. The molecule has 11 heteroatoms. The predicted molar refractivity (Wildman–Crippen MR) is 168 cm³/mol. The van der Waals surface area contributed by atoms with Gasteiger partial charge in [0, 0.05) is 12.6 Å². The molecule has 0 saturated heterocycles. The first kappa shape index (κ1) is 33.2. The molecular formula is C31H37Cl2N3O5S. The van der Waals surface area contributed by atoms with E-state index in [9.17, 15) is 18.0 Å². The number of carbonyl (C=O) groups excluding carboxylic acids is 2. The number of carbonyl (C=O) groups is 2. The molecule has 8 nitrogen and oxygen atoms in total. The van der Waals surface area contributed by atoms with Crippen LogP contribution in [-0.4, -0.2) is 50.9 Å². The highest BCUT2D eigenvalue weighted by Crippen LogP contribution is 2.31. The van der Waals surface area contributed by atoms with E-state index < -0.39 is 28.5 Å². The number of hydrogen-bond donors (Lipinski definition) is 1. The lowest BCUT2D eigenvalue weighted by Crippen LogP contribution is -2.53. The summed E-state index contributed by atoms with van der Waals surface area (Å²) in [5, 5.41) is 3.34. The largest absolute Gasteiger partial charge is 0.497 e. The lowest BCUT2D eigenvalue weighted by atomic mass is 10.1. The van der Waals surface area contributed by atoms with Crippen LogP contribution in [0.1, 0.15) is 44.7 Å². The number of halogens is 2. The van der Waals surface area contributed by atoms with Crippen molar-refractivity contribution < 1.29 is 22.7 Å². The van der Waals surface area contributed by atoms with Gasteiger partial charge in [-0.1, -0.05) is 66.9 Å². The SMILES string of the molecule is CC[C@H](C(=O)N[C@@H](C)CC)N(Cc1cccc(OC)c1)C(=O)CN(c1ccc(Cl)c(Cl)c1)S(=O)(=O)c1ccc(C)cc1. The van der Waals surface area contributed by atoms with Gasteiger partial charge in [-0.05, 0) is 74.7 Å². The second kappa shape index (κ2) is 14.8. The average molecular weight is 635 g/mol. The molecule has 0 aliphatic rings. The fourth-order valence-corrected chi connectivity index (χ4v) is 6.03. The van der Waals surface area contributed by atoms with Crippen LogP contribution in [-0.2, 0) is 26.2 Å². The minimum Gasteiger partial charge on any atom is -0.497 e. The van der Waals surface area contributed by atoms with Gasteiger partial charge in [0.1, 0.15) is 18.3 Å². The first-order chi connectivity index (χ1) is 19.9. The second-order valence-corrected chi connectivity index (χ2v) is 12.7. The maximum Gasteiger partial charge on any atom is 0.264 e. The fraction of sp³-hybridized carbons (Fsp3) is 0.355. The molecule has 1 N–H and O–H groups in total. The highest BCUT2D eigenvalue weighted by molar-refractivity contribution is 7.92. The van der Waals surface area contributed by atoms with Crippen molar-refractivity contribution in [1.29, 1.82) is 0 Å². The maximum absolute atomic E-state index is 14.2. The molecule has 0 aromatic heterocycles. The molecule has 42 heavy (non-hydrogen) atoms. The monoisotopic (exact) mass is 633 g/mol. The number of rotatable bonds is 13. The van der Waals surface area contributed by atoms with Crippen molar-refractivity contribution in [2.75, 3.05) is 18.0 Å². The van der Waals surface area contributed by atoms with E-state index in [1.165, 1.54) is 35.2 Å². The quantitative estimate of drug-likeness (QED) is 0.241. The van der Waals surface area contributed by atoms with Gasteiger partial charge in [0.15, 0.2) is 0 Å². The summed E-state index contributed by atoms with van der Waals surface area (Å²) < 4.78 is 34.3. The molecular weight excluding hydrogens is 597 g/mol. The van der Waals surface area contributed by atoms with Gasteiger partial charge in [0.25, 0.3) is 10.0 Å². The van der Waals surface area contributed by atoms with Crippen LogP contribution in [0, 0.1) is 6.92 Å². The first-order valence-electron chi connectivity index (χ1n) is 13.7. The van der Waals surface area contributed by atoms with E-state index in [0.717, 1.165) is 15.4 Å². The molecule has 3 aromatic carbocycles. The average Bonchev–Trinajstić information content (AvgIpc) is 2.97. The Hall–Kier alpha value is -3.27. The smallest absolute Gasteiger partial charge is 0.264 e. The summed E-state index contributed by atoms with van der Waals surface area (Å²) in [7, 11) is -2.68. The molecule has 2 amide bonds. The molecule has 226 valence electrons. The van der Waals surface area contributed by atoms with Crippen molar-refractivity contribution in [3.05, 3.63) is 87.9 Å². The van der Waals surface area contributed by atoms with Crippen molar-refractivity contribution in [1.82, 2.24) is 10.2 Å². The minimum atomic E-state index is -4.22. The van der Waals surface area contributed by atoms with Crippen LogP contribution in [0.25, 0.3) is 0 Å². The van der Waals surface area contributed by atoms with Crippen LogP contribution in [0.3, 0.4) is 0 Å². The number of ether oxygens (including phenoxy) is 1. The van der Waals surface area contributed by atoms with Gasteiger partial charge in [-0.3, -0.25) is 13.9 Å². The number of amides is 2. The Bertz CT molecular complexity index is 1500. The lowest BCUT2D eigenvalue weighted by Gasteiger charge is -2.34. The van der Waals surface area contributed by atoms with Gasteiger partial charge in [0.05, 0.1) is 27.7 Å². The molecule has 0 aliphatic carbocycles. The van der Waals surface area contributed by atoms with Crippen molar-refractivity contribution in [3.63, 3.8) is 0 Å². The molecule has 0 aliphatic heterocycles. The topological polar surface area (TPSA) is 96.0 Å². The van der Waals surface area contributed by atoms with Crippen LogP contribution in [0.2, 0.25) is 10.0 Å². The summed E-state index contributed by atoms with van der Waals surface area (Å²) >= 11 is 12.4. The number of aryl methyl sites for hydroxylation is 1. The van der Waals surface area contributed by atoms with Gasteiger partial charge >= 0.3 is 0 Å². The van der Waals surface area contributed by atoms with Crippen molar-refractivity contribution in [2.24, 2.45) is 0 Å². The van der Waals surface area contributed by atoms with Gasteiger partial charge < -0.3 is 15.0 Å². The van der Waals surface area contributed by atoms with Gasteiger partial charge in [-0.15, -0.1) is 0 Å². The number of nitrogens with zero attached hydrogens (tertiary/aromatic N) is 2. The van der Waals surface area contributed by atoms with E-state index in [4.69, 9.17) is 27.9 Å². The third-order valence-electron chi connectivity index (χ3n) is 6.95. The Labute approximate surface area is 258 Å². The van der Waals surface area contributed by atoms with Crippen LogP contribution in [0.4, 0.5) is 5.69 Å². The maximum atomic E-state index is 14.2. The zero-order valence-electron chi connectivity index (χ0n) is 24.4. The molecule has 0 bridgehead atoms. The van der Waals surface area contributed by atoms with Gasteiger partial charge in [-0.2, -0.15) is 0 Å². The van der Waals surface area contributed by atoms with Crippen molar-refractivity contribution in [3.8, 4) is 5.75 Å². The van der Waals surface area contributed by atoms with Gasteiger partial charge in [-0.25, -0.2) is 8.42 Å². The van der Waals surface area contributed by atoms with Crippen LogP contribution < -0.4 is 14.4 Å². The van der Waals surface area contributed by atoms with Gasteiger partial charge in [0.2, 0.25) is 11.8 Å².